The largest absolute Gasteiger partial charge is 0.416 e. The molecule has 14 heteroatoms. The maximum Gasteiger partial charge on any atom is 0.416 e. The Bertz CT molecular complexity index is 1280. The summed E-state index contributed by atoms with van der Waals surface area (Å²) in [6.45, 7) is 2.62. The van der Waals surface area contributed by atoms with Gasteiger partial charge in [0.25, 0.3) is 0 Å². The number of carbonyl (C=O) groups is 2. The molecule has 0 aliphatic rings. The Morgan fingerprint density at radius 1 is 1.05 bits per heavy atom. The van der Waals surface area contributed by atoms with Gasteiger partial charge in [-0.1, -0.05) is 54.2 Å². The maximum atomic E-state index is 13.5. The lowest BCUT2D eigenvalue weighted by Crippen LogP contribution is -2.51. The summed E-state index contributed by atoms with van der Waals surface area (Å²) in [5.41, 5.74) is -1.26. The average molecular weight is 617 g/mol. The summed E-state index contributed by atoms with van der Waals surface area (Å²) in [6, 6.07) is 5.59. The molecule has 0 aromatic heterocycles. The van der Waals surface area contributed by atoms with Crippen LogP contribution in [0.25, 0.3) is 0 Å². The standard InChI is InChI=1S/C24H27Cl3F3N3O4S/c1-4-5-10-31-23(35)15(2)32(13-16-6-8-18(25)12-20(16)27)22(34)14-33(38(3,36)37)21-11-17(24(28,29)30)7-9-19(21)26/h6-9,11-12,15H,4-5,10,13-14H2,1-3H3,(H,31,35). The molecule has 7 nitrogen and oxygen atoms in total. The van der Waals surface area contributed by atoms with Crippen LogP contribution < -0.4 is 9.62 Å². The molecule has 0 radical (unpaired) electrons. The van der Waals surface area contributed by atoms with Crippen LogP contribution in [0.5, 0.6) is 0 Å². The van der Waals surface area contributed by atoms with Crippen molar-refractivity contribution >= 4 is 62.3 Å². The van der Waals surface area contributed by atoms with Crippen LogP contribution in [0.2, 0.25) is 15.1 Å². The number of sulfonamides is 1. The summed E-state index contributed by atoms with van der Waals surface area (Å²) >= 11 is 18.3. The van der Waals surface area contributed by atoms with E-state index in [0.717, 1.165) is 23.6 Å². The molecule has 0 bridgehead atoms. The molecule has 1 N–H and O–H groups in total. The van der Waals surface area contributed by atoms with E-state index >= 15 is 0 Å². The Morgan fingerprint density at radius 2 is 1.71 bits per heavy atom. The molecule has 1 unspecified atom stereocenters. The zero-order valence-corrected chi connectivity index (χ0v) is 23.9. The van der Waals surface area contributed by atoms with Crippen LogP contribution in [0.1, 0.15) is 37.8 Å². The van der Waals surface area contributed by atoms with Gasteiger partial charge in [-0.15, -0.1) is 0 Å². The molecule has 0 fully saturated rings. The van der Waals surface area contributed by atoms with Gasteiger partial charge >= 0.3 is 6.18 Å². The average Bonchev–Trinajstić information content (AvgIpc) is 2.80. The maximum absolute atomic E-state index is 13.5. The highest BCUT2D eigenvalue weighted by atomic mass is 35.5. The highest BCUT2D eigenvalue weighted by Gasteiger charge is 2.34. The van der Waals surface area contributed by atoms with Crippen molar-refractivity contribution in [3.63, 3.8) is 0 Å². The minimum atomic E-state index is -4.78. The number of halogens is 6. The molecule has 38 heavy (non-hydrogen) atoms. The van der Waals surface area contributed by atoms with E-state index in [-0.39, 0.29) is 16.6 Å². The number of alkyl halides is 3. The summed E-state index contributed by atoms with van der Waals surface area (Å²) in [7, 11) is -4.29. The van der Waals surface area contributed by atoms with Gasteiger partial charge in [0.15, 0.2) is 0 Å². The van der Waals surface area contributed by atoms with E-state index < -0.39 is 51.9 Å². The molecular formula is C24H27Cl3F3N3O4S. The fourth-order valence-electron chi connectivity index (χ4n) is 3.43. The Kier molecular flexibility index (Phi) is 11.1. The first kappa shape index (κ1) is 32.0. The van der Waals surface area contributed by atoms with Gasteiger partial charge in [-0.05, 0) is 49.2 Å². The zero-order chi connectivity index (χ0) is 28.8. The number of nitrogens with zero attached hydrogens (tertiary/aromatic N) is 2. The van der Waals surface area contributed by atoms with Gasteiger partial charge in [-0.2, -0.15) is 13.2 Å². The number of amides is 2. The number of rotatable bonds is 11. The Hall–Kier alpha value is -2.21. The van der Waals surface area contributed by atoms with Crippen molar-refractivity contribution in [3.8, 4) is 0 Å². The highest BCUT2D eigenvalue weighted by Crippen LogP contribution is 2.36. The van der Waals surface area contributed by atoms with Gasteiger partial charge in [0, 0.05) is 23.1 Å². The third kappa shape index (κ3) is 8.65. The monoisotopic (exact) mass is 615 g/mol. The minimum Gasteiger partial charge on any atom is -0.354 e. The third-order valence-corrected chi connectivity index (χ3v) is 7.61. The normalized spacial score (nSPS) is 12.7. The van der Waals surface area contributed by atoms with E-state index in [0.29, 0.717) is 40.0 Å². The molecule has 2 rings (SSSR count). The van der Waals surface area contributed by atoms with Crippen LogP contribution in [0.4, 0.5) is 18.9 Å². The van der Waals surface area contributed by atoms with Crippen LogP contribution in [0, 0.1) is 0 Å². The summed E-state index contributed by atoms with van der Waals surface area (Å²) in [4.78, 5) is 27.4. The number of nitrogens with one attached hydrogen (secondary N) is 1. The molecule has 1 atom stereocenters. The Morgan fingerprint density at radius 3 is 2.26 bits per heavy atom. The van der Waals surface area contributed by atoms with Gasteiger partial charge in [0.2, 0.25) is 21.8 Å². The fourth-order valence-corrected chi connectivity index (χ4v) is 5.02. The van der Waals surface area contributed by atoms with Gasteiger partial charge < -0.3 is 10.2 Å². The molecule has 0 saturated carbocycles. The molecule has 0 aliphatic carbocycles. The minimum absolute atomic E-state index is 0.203. The van der Waals surface area contributed by atoms with E-state index in [1.165, 1.54) is 19.1 Å². The van der Waals surface area contributed by atoms with E-state index in [4.69, 9.17) is 34.8 Å². The first-order valence-corrected chi connectivity index (χ1v) is 14.4. The molecule has 2 aromatic rings. The number of carbonyl (C=O) groups excluding carboxylic acids is 2. The van der Waals surface area contributed by atoms with E-state index in [1.54, 1.807) is 6.07 Å². The second kappa shape index (κ2) is 13.2. The number of unbranched alkanes of at least 4 members (excludes halogenated alkanes) is 1. The summed E-state index contributed by atoms with van der Waals surface area (Å²) in [5.74, 6) is -1.37. The van der Waals surface area contributed by atoms with Crippen molar-refractivity contribution in [2.45, 2.75) is 45.5 Å². The van der Waals surface area contributed by atoms with Crippen LogP contribution in [-0.4, -0.2) is 50.5 Å². The second-order valence-electron chi connectivity index (χ2n) is 8.51. The molecule has 0 aliphatic heterocycles. The third-order valence-electron chi connectivity index (χ3n) is 5.57. The predicted octanol–water partition coefficient (Wildman–Crippen LogP) is 5.77. The molecule has 0 saturated heterocycles. The highest BCUT2D eigenvalue weighted by molar-refractivity contribution is 7.92. The second-order valence-corrected chi connectivity index (χ2v) is 11.7. The molecule has 0 spiro atoms. The SMILES string of the molecule is CCCCNC(=O)C(C)N(Cc1ccc(Cl)cc1Cl)C(=O)CN(c1cc(C(F)(F)F)ccc1Cl)S(C)(=O)=O. The number of benzene rings is 2. The van der Waals surface area contributed by atoms with Crippen molar-refractivity contribution < 1.29 is 31.2 Å². The predicted molar refractivity (Wildman–Crippen MR) is 143 cm³/mol. The zero-order valence-electron chi connectivity index (χ0n) is 20.8. The summed E-state index contributed by atoms with van der Waals surface area (Å²) in [5, 5.41) is 2.94. The van der Waals surface area contributed by atoms with Gasteiger partial charge in [0.1, 0.15) is 12.6 Å². The van der Waals surface area contributed by atoms with Crippen molar-refractivity contribution in [2.75, 3.05) is 23.7 Å². The number of hydrogen-bond donors (Lipinski definition) is 1. The quantitative estimate of drug-likeness (QED) is 0.325. The Balaban J connectivity index is 2.50. The van der Waals surface area contributed by atoms with E-state index in [9.17, 15) is 31.2 Å². The lowest BCUT2D eigenvalue weighted by molar-refractivity contribution is -0.139. The summed E-state index contributed by atoms with van der Waals surface area (Å²) in [6.07, 6.45) is -2.53. The smallest absolute Gasteiger partial charge is 0.354 e. The van der Waals surface area contributed by atoms with Crippen molar-refractivity contribution in [1.29, 1.82) is 0 Å². The lowest BCUT2D eigenvalue weighted by atomic mass is 10.1. The van der Waals surface area contributed by atoms with Crippen molar-refractivity contribution in [3.05, 3.63) is 62.6 Å². The van der Waals surface area contributed by atoms with E-state index in [2.05, 4.69) is 5.32 Å². The number of hydrogen-bond acceptors (Lipinski definition) is 4. The van der Waals surface area contributed by atoms with Gasteiger partial charge in [0.05, 0.1) is 22.5 Å². The van der Waals surface area contributed by atoms with Crippen LogP contribution in [0.15, 0.2) is 36.4 Å². The van der Waals surface area contributed by atoms with Crippen LogP contribution in [-0.2, 0) is 32.3 Å². The molecule has 210 valence electrons. The topological polar surface area (TPSA) is 86.8 Å². The summed E-state index contributed by atoms with van der Waals surface area (Å²) < 4.78 is 65.7. The van der Waals surface area contributed by atoms with Crippen LogP contribution in [0.3, 0.4) is 0 Å². The molecule has 0 heterocycles. The fraction of sp³-hybridized carbons (Fsp3) is 0.417. The van der Waals surface area contributed by atoms with Crippen LogP contribution >= 0.6 is 34.8 Å². The first-order chi connectivity index (χ1) is 17.6. The molecular weight excluding hydrogens is 590 g/mol. The van der Waals surface area contributed by atoms with E-state index in [1.807, 2.05) is 6.92 Å². The number of anilines is 1. The van der Waals surface area contributed by atoms with Gasteiger partial charge in [-0.25, -0.2) is 8.42 Å². The van der Waals surface area contributed by atoms with Crippen molar-refractivity contribution in [1.82, 2.24) is 10.2 Å². The first-order valence-electron chi connectivity index (χ1n) is 11.4. The van der Waals surface area contributed by atoms with Gasteiger partial charge in [-0.3, -0.25) is 13.9 Å². The van der Waals surface area contributed by atoms with Crippen molar-refractivity contribution in [2.24, 2.45) is 0 Å². The molecule has 2 amide bonds. The Labute approximate surface area is 234 Å². The lowest BCUT2D eigenvalue weighted by Gasteiger charge is -2.32. The molecule has 2 aromatic carbocycles.